The van der Waals surface area contributed by atoms with Crippen molar-refractivity contribution in [2.75, 3.05) is 0 Å². The van der Waals surface area contributed by atoms with E-state index in [0.717, 1.165) is 72.1 Å². The summed E-state index contributed by atoms with van der Waals surface area (Å²) < 4.78 is 6.86. The SMILES string of the molecule is [C-]#[N+]c1ccc2c(c1)c1cc(-n3c4ccccc4c4ccccc43)ccc1n2-c1c(C#N)cccc1-c1cccc(-n2c3ccccc3c3ccccc32)c1. The topological polar surface area (TPSA) is 42.9 Å². The van der Waals surface area contributed by atoms with E-state index in [-0.39, 0.29) is 0 Å². The highest BCUT2D eigenvalue weighted by Crippen LogP contribution is 2.42. The van der Waals surface area contributed by atoms with Crippen LogP contribution in [-0.2, 0) is 0 Å². The zero-order valence-electron chi connectivity index (χ0n) is 29.5. The number of aromatic nitrogens is 3. The lowest BCUT2D eigenvalue weighted by Gasteiger charge is -2.17. The first kappa shape index (κ1) is 30.7. The fourth-order valence-electron chi connectivity index (χ4n) is 8.77. The molecule has 0 aliphatic heterocycles. The summed E-state index contributed by atoms with van der Waals surface area (Å²) in [6.07, 6.45) is 0. The van der Waals surface area contributed by atoms with Gasteiger partial charge in [0.2, 0.25) is 0 Å². The fourth-order valence-corrected chi connectivity index (χ4v) is 8.77. The minimum atomic E-state index is 0.569. The molecule has 0 fully saturated rings. The van der Waals surface area contributed by atoms with Crippen LogP contribution in [0.1, 0.15) is 5.56 Å². The second-order valence-electron chi connectivity index (χ2n) is 14.0. The standard InChI is InChI=1S/C50H29N5/c1-52-34-24-26-48-42(29-34)43-30-36(54-46-22-8-4-17-40(46)41-18-5-9-23-47(41)54)25-27-49(43)55(48)50-33(31-51)13-11-19-37(50)32-12-10-14-35(28-32)53-44-20-6-2-15-38(44)39-16-3-7-21-45(39)53/h2-30H. The van der Waals surface area contributed by atoms with Crippen LogP contribution in [0.25, 0.3) is 98.5 Å². The number of rotatable bonds is 4. The third-order valence-corrected chi connectivity index (χ3v) is 11.1. The van der Waals surface area contributed by atoms with Crippen molar-refractivity contribution in [3.05, 3.63) is 193 Å². The Morgan fingerprint density at radius 3 is 1.47 bits per heavy atom. The van der Waals surface area contributed by atoms with Crippen LogP contribution in [0.2, 0.25) is 0 Å². The summed E-state index contributed by atoms with van der Waals surface area (Å²) in [6.45, 7) is 7.89. The van der Waals surface area contributed by atoms with E-state index >= 15 is 0 Å². The van der Waals surface area contributed by atoms with E-state index in [4.69, 9.17) is 6.57 Å². The van der Waals surface area contributed by atoms with Crippen LogP contribution in [0, 0.1) is 17.9 Å². The minimum absolute atomic E-state index is 0.569. The molecule has 0 amide bonds. The maximum atomic E-state index is 10.7. The largest absolute Gasteiger partial charge is 0.309 e. The highest BCUT2D eigenvalue weighted by atomic mass is 15.0. The fraction of sp³-hybridized carbons (Fsp3) is 0. The molecule has 0 saturated heterocycles. The van der Waals surface area contributed by atoms with Crippen molar-refractivity contribution < 1.29 is 0 Å². The Morgan fingerprint density at radius 2 is 0.909 bits per heavy atom. The lowest BCUT2D eigenvalue weighted by molar-refractivity contribution is 1.15. The molecule has 0 spiro atoms. The maximum absolute atomic E-state index is 10.7. The van der Waals surface area contributed by atoms with Crippen LogP contribution in [0.4, 0.5) is 5.69 Å². The quantitative estimate of drug-likeness (QED) is 0.169. The van der Waals surface area contributed by atoms with Crippen LogP contribution < -0.4 is 0 Å². The Labute approximate surface area is 316 Å². The van der Waals surface area contributed by atoms with Gasteiger partial charge >= 0.3 is 0 Å². The van der Waals surface area contributed by atoms with Gasteiger partial charge < -0.3 is 13.7 Å². The molecule has 0 saturated carbocycles. The number of hydrogen-bond donors (Lipinski definition) is 0. The third-order valence-electron chi connectivity index (χ3n) is 11.1. The first-order valence-electron chi connectivity index (χ1n) is 18.3. The maximum Gasteiger partial charge on any atom is 0.188 e. The van der Waals surface area contributed by atoms with Gasteiger partial charge in [0.05, 0.1) is 50.9 Å². The molecule has 11 aromatic rings. The average Bonchev–Trinajstić information content (AvgIpc) is 3.88. The molecule has 3 aromatic heterocycles. The van der Waals surface area contributed by atoms with Crippen LogP contribution in [-0.4, -0.2) is 13.7 Å². The van der Waals surface area contributed by atoms with Crippen molar-refractivity contribution >= 4 is 71.1 Å². The summed E-state index contributed by atoms with van der Waals surface area (Å²) in [7, 11) is 0. The monoisotopic (exact) mass is 699 g/mol. The molecule has 55 heavy (non-hydrogen) atoms. The zero-order valence-corrected chi connectivity index (χ0v) is 29.5. The van der Waals surface area contributed by atoms with Gasteiger partial charge in [-0.25, -0.2) is 4.85 Å². The predicted octanol–water partition coefficient (Wildman–Crippen LogP) is 13.1. The lowest BCUT2D eigenvalue weighted by Crippen LogP contribution is -2.02. The van der Waals surface area contributed by atoms with Crippen LogP contribution in [0.15, 0.2) is 176 Å². The molecular weight excluding hydrogens is 671 g/mol. The van der Waals surface area contributed by atoms with E-state index < -0.39 is 0 Å². The normalized spacial score (nSPS) is 11.6. The van der Waals surface area contributed by atoms with E-state index in [0.29, 0.717) is 11.3 Å². The Morgan fingerprint density at radius 1 is 0.418 bits per heavy atom. The Kier molecular flexibility index (Phi) is 6.61. The summed E-state index contributed by atoms with van der Waals surface area (Å²) in [5, 5.41) is 17.5. The van der Waals surface area contributed by atoms with Crippen LogP contribution in [0.5, 0.6) is 0 Å². The molecule has 0 aliphatic carbocycles. The molecular formula is C50H29N5. The van der Waals surface area contributed by atoms with Crippen molar-refractivity contribution in [3.8, 4) is 34.3 Å². The third kappa shape index (κ3) is 4.45. The van der Waals surface area contributed by atoms with Gasteiger partial charge in [0.1, 0.15) is 6.07 Å². The number of nitrogens with zero attached hydrogens (tertiary/aromatic N) is 5. The van der Waals surface area contributed by atoms with E-state index in [9.17, 15) is 5.26 Å². The summed E-state index contributed by atoms with van der Waals surface area (Å²) >= 11 is 0. The molecule has 0 unspecified atom stereocenters. The van der Waals surface area contributed by atoms with E-state index in [1.807, 2.05) is 30.3 Å². The van der Waals surface area contributed by atoms with Gasteiger partial charge in [0.15, 0.2) is 5.69 Å². The van der Waals surface area contributed by atoms with Crippen molar-refractivity contribution in [1.82, 2.24) is 13.7 Å². The summed E-state index contributed by atoms with van der Waals surface area (Å²) in [4.78, 5) is 3.82. The van der Waals surface area contributed by atoms with E-state index in [2.05, 4.69) is 170 Å². The van der Waals surface area contributed by atoms with Gasteiger partial charge in [-0.2, -0.15) is 5.26 Å². The summed E-state index contributed by atoms with van der Waals surface area (Å²) in [5.74, 6) is 0. The molecule has 3 heterocycles. The van der Waals surface area contributed by atoms with Crippen molar-refractivity contribution in [3.63, 3.8) is 0 Å². The van der Waals surface area contributed by atoms with Gasteiger partial charge in [-0.15, -0.1) is 0 Å². The van der Waals surface area contributed by atoms with E-state index in [1.54, 1.807) is 0 Å². The molecule has 0 bridgehead atoms. The van der Waals surface area contributed by atoms with Gasteiger partial charge in [0, 0.05) is 43.9 Å². The molecule has 0 radical (unpaired) electrons. The highest BCUT2D eigenvalue weighted by molar-refractivity contribution is 6.14. The van der Waals surface area contributed by atoms with Crippen molar-refractivity contribution in [2.24, 2.45) is 0 Å². The highest BCUT2D eigenvalue weighted by Gasteiger charge is 2.21. The molecule has 0 aliphatic rings. The Bertz CT molecular complexity index is 3360. The zero-order chi connectivity index (χ0) is 36.6. The molecule has 11 rings (SSSR count). The molecule has 0 atom stereocenters. The number of hydrogen-bond acceptors (Lipinski definition) is 1. The average molecular weight is 700 g/mol. The first-order valence-corrected chi connectivity index (χ1v) is 18.3. The first-order chi connectivity index (χ1) is 27.2. The summed E-state index contributed by atoms with van der Waals surface area (Å²) in [6, 6.07) is 63.7. The molecule has 5 heteroatoms. The second-order valence-corrected chi connectivity index (χ2v) is 14.0. The van der Waals surface area contributed by atoms with Gasteiger partial charge in [-0.3, -0.25) is 0 Å². The van der Waals surface area contributed by atoms with Crippen molar-refractivity contribution in [1.29, 1.82) is 5.26 Å². The number of benzene rings is 8. The smallest absolute Gasteiger partial charge is 0.188 e. The summed E-state index contributed by atoms with van der Waals surface area (Å²) in [5.41, 5.74) is 12.4. The minimum Gasteiger partial charge on any atom is -0.309 e. The van der Waals surface area contributed by atoms with Gasteiger partial charge in [-0.05, 0) is 83.7 Å². The second kappa shape index (κ2) is 11.8. The lowest BCUT2D eigenvalue weighted by atomic mass is 9.99. The molecule has 254 valence electrons. The Balaban J connectivity index is 1.18. The molecule has 5 nitrogen and oxygen atoms in total. The molecule has 0 N–H and O–H groups in total. The molecule has 8 aromatic carbocycles. The van der Waals surface area contributed by atoms with Gasteiger partial charge in [-0.1, -0.05) is 103 Å². The van der Waals surface area contributed by atoms with Crippen molar-refractivity contribution in [2.45, 2.75) is 0 Å². The van der Waals surface area contributed by atoms with Crippen LogP contribution >= 0.6 is 0 Å². The Hall–Kier alpha value is -7.86. The number of nitriles is 1. The number of para-hydroxylation sites is 5. The predicted molar refractivity (Wildman–Crippen MR) is 226 cm³/mol. The van der Waals surface area contributed by atoms with E-state index in [1.165, 1.54) is 21.5 Å². The van der Waals surface area contributed by atoms with Crippen LogP contribution in [0.3, 0.4) is 0 Å². The number of fused-ring (bicyclic) bond motifs is 9. The van der Waals surface area contributed by atoms with Gasteiger partial charge in [0.25, 0.3) is 0 Å².